The van der Waals surface area contributed by atoms with E-state index in [1.54, 1.807) is 30.6 Å². The molecule has 1 aromatic carbocycles. The molecule has 0 aliphatic heterocycles. The van der Waals surface area contributed by atoms with Crippen LogP contribution < -0.4 is 0 Å². The topological polar surface area (TPSA) is 42.9 Å². The number of benzene rings is 1. The standard InChI is InChI=1S/C18H14N2O/c1-13-3-2-4-15-6-7-16(20-18(13)15)17(21)8-5-14-9-11-19-12-10-14/h2-12H,1H3. The van der Waals surface area contributed by atoms with Crippen LogP contribution in [0.1, 0.15) is 21.6 Å². The molecule has 2 heterocycles. The average Bonchev–Trinajstić information content (AvgIpc) is 2.54. The minimum Gasteiger partial charge on any atom is -0.288 e. The van der Waals surface area contributed by atoms with Gasteiger partial charge in [-0.1, -0.05) is 30.3 Å². The Hall–Kier alpha value is -2.81. The van der Waals surface area contributed by atoms with Crippen LogP contribution in [0.4, 0.5) is 0 Å². The van der Waals surface area contributed by atoms with Crippen molar-refractivity contribution in [3.8, 4) is 0 Å². The largest absolute Gasteiger partial charge is 0.288 e. The van der Waals surface area contributed by atoms with Gasteiger partial charge in [-0.3, -0.25) is 9.78 Å². The third-order valence-corrected chi connectivity index (χ3v) is 3.31. The molecule has 21 heavy (non-hydrogen) atoms. The number of para-hydroxylation sites is 1. The molecule has 0 fully saturated rings. The molecule has 0 radical (unpaired) electrons. The normalized spacial score (nSPS) is 11.1. The second-order valence-electron chi connectivity index (χ2n) is 4.82. The van der Waals surface area contributed by atoms with Gasteiger partial charge in [0.25, 0.3) is 0 Å². The molecule has 102 valence electrons. The summed E-state index contributed by atoms with van der Waals surface area (Å²) >= 11 is 0. The number of hydrogen-bond donors (Lipinski definition) is 0. The molecule has 0 N–H and O–H groups in total. The summed E-state index contributed by atoms with van der Waals surface area (Å²) in [5.41, 5.74) is 3.35. The van der Waals surface area contributed by atoms with E-state index in [2.05, 4.69) is 9.97 Å². The summed E-state index contributed by atoms with van der Waals surface area (Å²) in [5, 5.41) is 1.05. The molecular weight excluding hydrogens is 260 g/mol. The van der Waals surface area contributed by atoms with Gasteiger partial charge in [0.1, 0.15) is 5.69 Å². The zero-order valence-electron chi connectivity index (χ0n) is 11.7. The highest BCUT2D eigenvalue weighted by Crippen LogP contribution is 2.17. The van der Waals surface area contributed by atoms with Gasteiger partial charge in [0.15, 0.2) is 0 Å². The smallest absolute Gasteiger partial charge is 0.204 e. The SMILES string of the molecule is Cc1cccc2ccc(C(=O)C=Cc3ccncc3)nc12. The highest BCUT2D eigenvalue weighted by Gasteiger charge is 2.06. The lowest BCUT2D eigenvalue weighted by Gasteiger charge is -2.02. The number of allylic oxidation sites excluding steroid dienone is 1. The van der Waals surface area contributed by atoms with E-state index in [-0.39, 0.29) is 5.78 Å². The van der Waals surface area contributed by atoms with Crippen LogP contribution in [0.15, 0.2) is 60.9 Å². The number of carbonyl (C=O) groups is 1. The van der Waals surface area contributed by atoms with Gasteiger partial charge in [-0.15, -0.1) is 0 Å². The first-order valence-corrected chi connectivity index (χ1v) is 6.73. The molecule has 0 aliphatic carbocycles. The van der Waals surface area contributed by atoms with Gasteiger partial charge < -0.3 is 0 Å². The number of rotatable bonds is 3. The Labute approximate surface area is 123 Å². The lowest BCUT2D eigenvalue weighted by molar-refractivity contribution is 0.104. The van der Waals surface area contributed by atoms with Crippen molar-refractivity contribution in [2.75, 3.05) is 0 Å². The monoisotopic (exact) mass is 274 g/mol. The van der Waals surface area contributed by atoms with Gasteiger partial charge in [-0.05, 0) is 42.3 Å². The highest BCUT2D eigenvalue weighted by molar-refractivity contribution is 6.06. The number of hydrogen-bond acceptors (Lipinski definition) is 3. The van der Waals surface area contributed by atoms with E-state index in [0.29, 0.717) is 5.69 Å². The Morgan fingerprint density at radius 1 is 1.05 bits per heavy atom. The zero-order chi connectivity index (χ0) is 14.7. The van der Waals surface area contributed by atoms with E-state index in [9.17, 15) is 4.79 Å². The number of carbonyl (C=O) groups excluding carboxylic acids is 1. The zero-order valence-corrected chi connectivity index (χ0v) is 11.7. The van der Waals surface area contributed by atoms with Crippen LogP contribution in [0, 0.1) is 6.92 Å². The van der Waals surface area contributed by atoms with Crippen molar-refractivity contribution in [3.63, 3.8) is 0 Å². The summed E-state index contributed by atoms with van der Waals surface area (Å²) < 4.78 is 0. The van der Waals surface area contributed by atoms with E-state index in [4.69, 9.17) is 0 Å². The first kappa shape index (κ1) is 13.2. The van der Waals surface area contributed by atoms with E-state index in [0.717, 1.165) is 22.0 Å². The first-order valence-electron chi connectivity index (χ1n) is 6.73. The van der Waals surface area contributed by atoms with Crippen molar-refractivity contribution in [1.82, 2.24) is 9.97 Å². The third kappa shape index (κ3) is 2.87. The molecule has 0 saturated heterocycles. The van der Waals surface area contributed by atoms with Crippen molar-refractivity contribution in [2.24, 2.45) is 0 Å². The maximum Gasteiger partial charge on any atom is 0.204 e. The van der Waals surface area contributed by atoms with E-state index < -0.39 is 0 Å². The predicted molar refractivity (Wildman–Crippen MR) is 84.1 cm³/mol. The first-order chi connectivity index (χ1) is 10.2. The molecule has 3 heteroatoms. The molecule has 0 saturated carbocycles. The quantitative estimate of drug-likeness (QED) is 0.538. The molecule has 0 spiro atoms. The van der Waals surface area contributed by atoms with Gasteiger partial charge in [0.05, 0.1) is 5.52 Å². The molecule has 3 rings (SSSR count). The summed E-state index contributed by atoms with van der Waals surface area (Å²) in [6, 6.07) is 13.4. The molecule has 3 aromatic rings. The van der Waals surface area contributed by atoms with E-state index >= 15 is 0 Å². The fourth-order valence-corrected chi connectivity index (χ4v) is 2.16. The van der Waals surface area contributed by atoms with Crippen LogP contribution in [0.3, 0.4) is 0 Å². The van der Waals surface area contributed by atoms with E-state index in [1.165, 1.54) is 0 Å². The molecule has 2 aromatic heterocycles. The molecule has 0 amide bonds. The number of aromatic nitrogens is 2. The van der Waals surface area contributed by atoms with Crippen LogP contribution in [0.25, 0.3) is 17.0 Å². The van der Waals surface area contributed by atoms with Crippen LogP contribution in [0.2, 0.25) is 0 Å². The van der Waals surface area contributed by atoms with Crippen LogP contribution in [0.5, 0.6) is 0 Å². The molecule has 0 bridgehead atoms. The Morgan fingerprint density at radius 3 is 2.67 bits per heavy atom. The number of pyridine rings is 2. The lowest BCUT2D eigenvalue weighted by atomic mass is 10.1. The van der Waals surface area contributed by atoms with Crippen LogP contribution >= 0.6 is 0 Å². The van der Waals surface area contributed by atoms with Crippen LogP contribution in [-0.2, 0) is 0 Å². The minimum absolute atomic E-state index is 0.100. The van der Waals surface area contributed by atoms with Gasteiger partial charge in [-0.2, -0.15) is 0 Å². The Balaban J connectivity index is 1.91. The molecule has 0 unspecified atom stereocenters. The van der Waals surface area contributed by atoms with Gasteiger partial charge in [0.2, 0.25) is 5.78 Å². The van der Waals surface area contributed by atoms with Crippen LogP contribution in [-0.4, -0.2) is 15.8 Å². The Kier molecular flexibility index (Phi) is 3.56. The molecule has 0 atom stereocenters. The van der Waals surface area contributed by atoms with E-state index in [1.807, 2.05) is 43.3 Å². The number of nitrogens with zero attached hydrogens (tertiary/aromatic N) is 2. The summed E-state index contributed by atoms with van der Waals surface area (Å²) in [5.74, 6) is -0.100. The molecular formula is C18H14N2O. The van der Waals surface area contributed by atoms with Crippen molar-refractivity contribution in [3.05, 3.63) is 77.8 Å². The molecule has 0 aliphatic rings. The molecule has 3 nitrogen and oxygen atoms in total. The summed E-state index contributed by atoms with van der Waals surface area (Å²) in [4.78, 5) is 20.6. The number of fused-ring (bicyclic) bond motifs is 1. The highest BCUT2D eigenvalue weighted by atomic mass is 16.1. The summed E-state index contributed by atoms with van der Waals surface area (Å²) in [6.07, 6.45) is 6.71. The van der Waals surface area contributed by atoms with Crippen molar-refractivity contribution in [2.45, 2.75) is 6.92 Å². The fraction of sp³-hybridized carbons (Fsp3) is 0.0556. The maximum atomic E-state index is 12.2. The second kappa shape index (κ2) is 5.67. The fourth-order valence-electron chi connectivity index (χ4n) is 2.16. The third-order valence-electron chi connectivity index (χ3n) is 3.31. The van der Waals surface area contributed by atoms with Gasteiger partial charge in [-0.25, -0.2) is 4.98 Å². The summed E-state index contributed by atoms with van der Waals surface area (Å²) in [7, 11) is 0. The van der Waals surface area contributed by atoms with Crippen molar-refractivity contribution >= 4 is 22.8 Å². The number of aryl methyl sites for hydroxylation is 1. The maximum absolute atomic E-state index is 12.2. The Morgan fingerprint density at radius 2 is 1.86 bits per heavy atom. The second-order valence-corrected chi connectivity index (χ2v) is 4.82. The van der Waals surface area contributed by atoms with Crippen molar-refractivity contribution < 1.29 is 4.79 Å². The van der Waals surface area contributed by atoms with Gasteiger partial charge >= 0.3 is 0 Å². The predicted octanol–water partition coefficient (Wildman–Crippen LogP) is 3.83. The lowest BCUT2D eigenvalue weighted by Crippen LogP contribution is -1.99. The minimum atomic E-state index is -0.100. The summed E-state index contributed by atoms with van der Waals surface area (Å²) in [6.45, 7) is 2.00. The Bertz CT molecular complexity index is 823. The van der Waals surface area contributed by atoms with Crippen molar-refractivity contribution in [1.29, 1.82) is 0 Å². The van der Waals surface area contributed by atoms with Gasteiger partial charge in [0, 0.05) is 17.8 Å². The number of ketones is 1. The average molecular weight is 274 g/mol.